The molecule has 4 nitrogen and oxygen atoms in total. The van der Waals surface area contributed by atoms with Crippen LogP contribution in [-0.2, 0) is 9.59 Å². The molecule has 1 heterocycles. The van der Waals surface area contributed by atoms with E-state index in [0.29, 0.717) is 18.0 Å². The maximum absolute atomic E-state index is 13.8. The average molecular weight is 448 g/mol. The van der Waals surface area contributed by atoms with E-state index in [1.807, 2.05) is 61.5 Å². The van der Waals surface area contributed by atoms with E-state index < -0.39 is 0 Å². The van der Waals surface area contributed by atoms with Gasteiger partial charge in [-0.2, -0.15) is 0 Å². The van der Waals surface area contributed by atoms with Gasteiger partial charge in [0.1, 0.15) is 5.75 Å². The molecule has 168 valence electrons. The fourth-order valence-electron chi connectivity index (χ4n) is 5.96. The molecule has 2 fully saturated rings. The number of nitrogens with zero attached hydrogens (tertiary/aromatic N) is 1. The molecule has 1 saturated heterocycles. The fourth-order valence-corrected chi connectivity index (χ4v) is 5.96. The molecule has 0 aromatic heterocycles. The van der Waals surface area contributed by atoms with Crippen molar-refractivity contribution >= 4 is 23.1 Å². The van der Waals surface area contributed by atoms with Crippen LogP contribution in [0.3, 0.4) is 0 Å². The number of imide groups is 1. The van der Waals surface area contributed by atoms with E-state index in [1.54, 1.807) is 6.07 Å². The summed E-state index contributed by atoms with van der Waals surface area (Å²) in [5.41, 5.74) is 5.09. The molecule has 1 saturated carbocycles. The fraction of sp³-hybridized carbons (Fsp3) is 0.200. The number of rotatable bonds is 5. The SMILES string of the molecule is CCOc1ccccc1N1C(=O)[C@@H]2[C@H](C1=O)[C@@H]1C=C[C@@H]2C1=C(c1ccccc1)c1ccccc1. The smallest absolute Gasteiger partial charge is 0.238 e. The van der Waals surface area contributed by atoms with Crippen LogP contribution in [-0.4, -0.2) is 18.4 Å². The summed E-state index contributed by atoms with van der Waals surface area (Å²) in [6.07, 6.45) is 4.27. The summed E-state index contributed by atoms with van der Waals surface area (Å²) in [6.45, 7) is 2.37. The molecule has 6 rings (SSSR count). The third kappa shape index (κ3) is 2.98. The van der Waals surface area contributed by atoms with Gasteiger partial charge in [0.15, 0.2) is 0 Å². The second-order valence-electron chi connectivity index (χ2n) is 8.96. The van der Waals surface area contributed by atoms with Crippen molar-refractivity contribution in [3.8, 4) is 5.75 Å². The highest BCUT2D eigenvalue weighted by molar-refractivity contribution is 6.24. The first kappa shape index (κ1) is 20.7. The van der Waals surface area contributed by atoms with Gasteiger partial charge in [0.05, 0.1) is 24.1 Å². The molecule has 1 aliphatic heterocycles. The van der Waals surface area contributed by atoms with Crippen LogP contribution in [0.25, 0.3) is 5.57 Å². The second kappa shape index (κ2) is 8.14. The zero-order valence-electron chi connectivity index (χ0n) is 18.9. The van der Waals surface area contributed by atoms with Gasteiger partial charge >= 0.3 is 0 Å². The van der Waals surface area contributed by atoms with E-state index in [2.05, 4.69) is 36.4 Å². The molecule has 0 N–H and O–H groups in total. The monoisotopic (exact) mass is 447 g/mol. The van der Waals surface area contributed by atoms with Gasteiger partial charge in [-0.1, -0.05) is 84.9 Å². The van der Waals surface area contributed by atoms with E-state index in [0.717, 1.165) is 16.7 Å². The quantitative estimate of drug-likeness (QED) is 0.383. The lowest BCUT2D eigenvalue weighted by Gasteiger charge is -2.23. The largest absolute Gasteiger partial charge is 0.492 e. The Labute approximate surface area is 199 Å². The van der Waals surface area contributed by atoms with Gasteiger partial charge in [0.25, 0.3) is 0 Å². The van der Waals surface area contributed by atoms with Gasteiger partial charge in [-0.05, 0) is 41.3 Å². The lowest BCUT2D eigenvalue weighted by molar-refractivity contribution is -0.123. The van der Waals surface area contributed by atoms with E-state index in [1.165, 1.54) is 10.5 Å². The number of para-hydroxylation sites is 2. The number of fused-ring (bicyclic) bond motifs is 5. The summed E-state index contributed by atoms with van der Waals surface area (Å²) in [5.74, 6) is -0.632. The Hall–Kier alpha value is -3.92. The predicted molar refractivity (Wildman–Crippen MR) is 132 cm³/mol. The molecule has 2 bridgehead atoms. The molecule has 4 atom stereocenters. The van der Waals surface area contributed by atoms with Gasteiger partial charge < -0.3 is 4.74 Å². The van der Waals surface area contributed by atoms with Gasteiger partial charge in [-0.15, -0.1) is 0 Å². The first-order valence-corrected chi connectivity index (χ1v) is 11.8. The molecule has 3 aromatic rings. The van der Waals surface area contributed by atoms with Crippen LogP contribution in [0.1, 0.15) is 18.1 Å². The zero-order chi connectivity index (χ0) is 23.2. The molecular formula is C30H25NO3. The number of ether oxygens (including phenoxy) is 1. The lowest BCUT2D eigenvalue weighted by atomic mass is 9.85. The standard InChI is InChI=1S/C30H25NO3/c1-2-34-24-16-10-9-15-23(24)31-29(32)27-21-17-18-22(28(27)30(31)33)26(21)25(19-11-5-3-6-12-19)20-13-7-4-8-14-20/h3-18,21-22,27-28H,2H2,1H3/t21-,22-,27-,28+/m1/s1. The Balaban J connectivity index is 1.47. The summed E-state index contributed by atoms with van der Waals surface area (Å²) in [7, 11) is 0. The molecule has 0 spiro atoms. The summed E-state index contributed by atoms with van der Waals surface area (Å²) < 4.78 is 5.74. The predicted octanol–water partition coefficient (Wildman–Crippen LogP) is 5.51. The molecule has 2 amide bonds. The summed E-state index contributed by atoms with van der Waals surface area (Å²) in [5, 5.41) is 0. The minimum Gasteiger partial charge on any atom is -0.492 e. The number of carbonyl (C=O) groups excluding carboxylic acids is 2. The van der Waals surface area contributed by atoms with Crippen molar-refractivity contribution in [2.24, 2.45) is 23.7 Å². The Kier molecular flexibility index (Phi) is 4.95. The van der Waals surface area contributed by atoms with Crippen molar-refractivity contribution in [2.45, 2.75) is 6.92 Å². The Morgan fingerprint density at radius 3 is 1.76 bits per heavy atom. The van der Waals surface area contributed by atoms with Crippen LogP contribution in [0.4, 0.5) is 5.69 Å². The number of amides is 2. The lowest BCUT2D eigenvalue weighted by Crippen LogP contribution is -2.33. The van der Waals surface area contributed by atoms with Crippen LogP contribution >= 0.6 is 0 Å². The highest BCUT2D eigenvalue weighted by Gasteiger charge is 2.62. The number of carbonyl (C=O) groups is 2. The Morgan fingerprint density at radius 2 is 1.24 bits per heavy atom. The van der Waals surface area contributed by atoms with Crippen molar-refractivity contribution in [3.05, 3.63) is 114 Å². The maximum atomic E-state index is 13.8. The van der Waals surface area contributed by atoms with E-state index in [9.17, 15) is 9.59 Å². The molecule has 0 unspecified atom stereocenters. The summed E-state index contributed by atoms with van der Waals surface area (Å²) >= 11 is 0. The number of hydrogen-bond donors (Lipinski definition) is 0. The van der Waals surface area contributed by atoms with Crippen LogP contribution in [0.15, 0.2) is 103 Å². The summed E-state index contributed by atoms with van der Waals surface area (Å²) in [6, 6.07) is 27.9. The van der Waals surface area contributed by atoms with E-state index in [4.69, 9.17) is 4.74 Å². The van der Waals surface area contributed by atoms with Crippen molar-refractivity contribution in [2.75, 3.05) is 11.5 Å². The molecule has 3 aromatic carbocycles. The Bertz CT molecular complexity index is 1250. The topological polar surface area (TPSA) is 46.6 Å². The van der Waals surface area contributed by atoms with Gasteiger partial charge in [0.2, 0.25) is 11.8 Å². The van der Waals surface area contributed by atoms with Crippen molar-refractivity contribution in [3.63, 3.8) is 0 Å². The number of benzene rings is 3. The van der Waals surface area contributed by atoms with E-state index >= 15 is 0 Å². The molecule has 3 aliphatic rings. The molecule has 2 aliphatic carbocycles. The van der Waals surface area contributed by atoms with Crippen molar-refractivity contribution in [1.29, 1.82) is 0 Å². The molecule has 4 heteroatoms. The first-order valence-electron chi connectivity index (χ1n) is 11.8. The average Bonchev–Trinajstić information content (AvgIpc) is 3.51. The minimum absolute atomic E-state index is 0.0916. The van der Waals surface area contributed by atoms with Gasteiger partial charge in [-0.3, -0.25) is 9.59 Å². The molecule has 34 heavy (non-hydrogen) atoms. The highest BCUT2D eigenvalue weighted by atomic mass is 16.5. The maximum Gasteiger partial charge on any atom is 0.238 e. The molecular weight excluding hydrogens is 422 g/mol. The summed E-state index contributed by atoms with van der Waals surface area (Å²) in [4.78, 5) is 28.9. The third-order valence-corrected chi connectivity index (χ3v) is 7.24. The van der Waals surface area contributed by atoms with Gasteiger partial charge in [-0.25, -0.2) is 4.90 Å². The zero-order valence-corrected chi connectivity index (χ0v) is 18.9. The first-order chi connectivity index (χ1) is 16.7. The number of hydrogen-bond acceptors (Lipinski definition) is 3. The normalized spacial score (nSPS) is 24.6. The third-order valence-electron chi connectivity index (χ3n) is 7.24. The van der Waals surface area contributed by atoms with Gasteiger partial charge in [0, 0.05) is 11.8 Å². The minimum atomic E-state index is -0.380. The van der Waals surface area contributed by atoms with Crippen molar-refractivity contribution in [1.82, 2.24) is 0 Å². The number of allylic oxidation sites excluding steroid dienone is 3. The van der Waals surface area contributed by atoms with Crippen LogP contribution in [0.2, 0.25) is 0 Å². The highest BCUT2D eigenvalue weighted by Crippen LogP contribution is 2.59. The Morgan fingerprint density at radius 1 is 0.735 bits per heavy atom. The second-order valence-corrected chi connectivity index (χ2v) is 8.96. The van der Waals surface area contributed by atoms with Crippen LogP contribution < -0.4 is 9.64 Å². The number of anilines is 1. The van der Waals surface area contributed by atoms with Crippen molar-refractivity contribution < 1.29 is 14.3 Å². The van der Waals surface area contributed by atoms with E-state index in [-0.39, 0.29) is 35.5 Å². The van der Waals surface area contributed by atoms with Crippen LogP contribution in [0.5, 0.6) is 5.75 Å². The van der Waals surface area contributed by atoms with Crippen LogP contribution in [0, 0.1) is 23.7 Å². The molecule has 0 radical (unpaired) electrons.